The number of nitrogens with one attached hydrogen (secondary N) is 1. The van der Waals surface area contributed by atoms with Crippen molar-refractivity contribution in [2.24, 2.45) is 0 Å². The van der Waals surface area contributed by atoms with Gasteiger partial charge in [-0.3, -0.25) is 4.79 Å². The molecule has 0 bridgehead atoms. The third kappa shape index (κ3) is 4.23. The zero-order valence-corrected chi connectivity index (χ0v) is 17.7. The Bertz CT molecular complexity index is 1020. The van der Waals surface area contributed by atoms with Crippen molar-refractivity contribution in [2.45, 2.75) is 43.6 Å². The maximum Gasteiger partial charge on any atom is 0.573 e. The number of likely N-dealkylation sites (tertiary alicyclic amines) is 2. The summed E-state index contributed by atoms with van der Waals surface area (Å²) >= 11 is 0. The first-order valence-electron chi connectivity index (χ1n) is 10.7. The van der Waals surface area contributed by atoms with E-state index in [-0.39, 0.29) is 29.7 Å². The lowest BCUT2D eigenvalue weighted by atomic mass is 9.77. The van der Waals surface area contributed by atoms with E-state index < -0.39 is 6.36 Å². The number of halogens is 3. The predicted octanol–water partition coefficient (Wildman–Crippen LogP) is 3.39. The van der Waals surface area contributed by atoms with Gasteiger partial charge >= 0.3 is 6.36 Å². The monoisotopic (exact) mass is 447 g/mol. The number of nitrogens with zero attached hydrogens (tertiary/aromatic N) is 4. The van der Waals surface area contributed by atoms with Crippen molar-refractivity contribution in [1.29, 1.82) is 0 Å². The highest BCUT2D eigenvalue weighted by molar-refractivity contribution is 5.95. The Morgan fingerprint density at radius 3 is 2.50 bits per heavy atom. The minimum atomic E-state index is -4.73. The first kappa shape index (κ1) is 21.0. The second kappa shape index (κ2) is 7.61. The Labute approximate surface area is 183 Å². The highest BCUT2D eigenvalue weighted by atomic mass is 19.4. The van der Waals surface area contributed by atoms with Crippen LogP contribution in [0.4, 0.5) is 19.1 Å². The molecule has 1 aromatic heterocycles. The number of hydrogen-bond donors (Lipinski definition) is 1. The van der Waals surface area contributed by atoms with E-state index in [0.29, 0.717) is 17.1 Å². The molecule has 1 N–H and O–H groups in total. The summed E-state index contributed by atoms with van der Waals surface area (Å²) in [6, 6.07) is 4.70. The van der Waals surface area contributed by atoms with E-state index in [2.05, 4.69) is 24.9 Å². The SMILES string of the molecule is CN1CC2(CCN2C(=O)c2cnc(NCc3cc(OC(F)(F)F)cc(C4CC4)c3)nc2)C1. The normalized spacial score (nSPS) is 19.9. The van der Waals surface area contributed by atoms with Crippen molar-refractivity contribution in [3.63, 3.8) is 0 Å². The van der Waals surface area contributed by atoms with E-state index in [4.69, 9.17) is 0 Å². The molecule has 1 spiro atoms. The molecule has 10 heteroatoms. The van der Waals surface area contributed by atoms with E-state index in [1.165, 1.54) is 24.5 Å². The van der Waals surface area contributed by atoms with Gasteiger partial charge in [0.05, 0.1) is 11.1 Å². The molecule has 1 saturated carbocycles. The molecule has 1 aliphatic carbocycles. The highest BCUT2D eigenvalue weighted by Gasteiger charge is 2.54. The van der Waals surface area contributed by atoms with Crippen LogP contribution in [-0.2, 0) is 6.54 Å². The van der Waals surface area contributed by atoms with Crippen LogP contribution >= 0.6 is 0 Å². The predicted molar refractivity (Wildman–Crippen MR) is 110 cm³/mol. The van der Waals surface area contributed by atoms with Crippen LogP contribution in [0.2, 0.25) is 0 Å². The largest absolute Gasteiger partial charge is 0.573 e. The van der Waals surface area contributed by atoms with Gasteiger partial charge in [0.15, 0.2) is 0 Å². The average molecular weight is 447 g/mol. The van der Waals surface area contributed by atoms with Gasteiger partial charge in [-0.1, -0.05) is 6.07 Å². The second-order valence-corrected chi connectivity index (χ2v) is 8.98. The summed E-state index contributed by atoms with van der Waals surface area (Å²) in [4.78, 5) is 25.3. The highest BCUT2D eigenvalue weighted by Crippen LogP contribution is 2.42. The summed E-state index contributed by atoms with van der Waals surface area (Å²) in [5.41, 5.74) is 1.89. The molecule has 3 fully saturated rings. The van der Waals surface area contributed by atoms with Gasteiger partial charge in [0.1, 0.15) is 5.75 Å². The Kier molecular flexibility index (Phi) is 4.99. The lowest BCUT2D eigenvalue weighted by molar-refractivity contribution is -0.274. The molecule has 7 nitrogen and oxygen atoms in total. The molecule has 0 atom stereocenters. The third-order valence-corrected chi connectivity index (χ3v) is 6.37. The number of carbonyl (C=O) groups excluding carboxylic acids is 1. The molecule has 1 amide bonds. The lowest BCUT2D eigenvalue weighted by Gasteiger charge is -2.61. The number of carbonyl (C=O) groups is 1. The number of hydrogen-bond acceptors (Lipinski definition) is 6. The quantitative estimate of drug-likeness (QED) is 0.732. The van der Waals surface area contributed by atoms with Crippen molar-refractivity contribution >= 4 is 11.9 Å². The molecule has 3 heterocycles. The molecule has 0 radical (unpaired) electrons. The number of ether oxygens (including phenoxy) is 1. The number of alkyl halides is 3. The number of rotatable bonds is 6. The van der Waals surface area contributed by atoms with E-state index >= 15 is 0 Å². The van der Waals surface area contributed by atoms with Crippen LogP contribution < -0.4 is 10.1 Å². The third-order valence-electron chi connectivity index (χ3n) is 6.37. The Morgan fingerprint density at radius 1 is 1.22 bits per heavy atom. The summed E-state index contributed by atoms with van der Waals surface area (Å²) in [5, 5.41) is 3.01. The van der Waals surface area contributed by atoms with Gasteiger partial charge < -0.3 is 19.9 Å². The van der Waals surface area contributed by atoms with Gasteiger partial charge in [-0.15, -0.1) is 13.2 Å². The van der Waals surface area contributed by atoms with E-state index in [1.54, 1.807) is 0 Å². The molecule has 1 aromatic carbocycles. The fraction of sp³-hybridized carbons (Fsp3) is 0.500. The Morgan fingerprint density at radius 2 is 1.94 bits per heavy atom. The lowest BCUT2D eigenvalue weighted by Crippen LogP contribution is -2.76. The van der Waals surface area contributed by atoms with Crippen molar-refractivity contribution in [1.82, 2.24) is 19.8 Å². The maximum atomic E-state index is 12.8. The summed E-state index contributed by atoms with van der Waals surface area (Å²) < 4.78 is 42.1. The fourth-order valence-electron chi connectivity index (χ4n) is 4.64. The van der Waals surface area contributed by atoms with Crippen LogP contribution in [0.1, 0.15) is 46.7 Å². The maximum absolute atomic E-state index is 12.8. The van der Waals surface area contributed by atoms with Crippen molar-refractivity contribution in [2.75, 3.05) is 32.0 Å². The molecular formula is C22H24F3N5O2. The van der Waals surface area contributed by atoms with E-state index in [1.807, 2.05) is 18.0 Å². The minimum Gasteiger partial charge on any atom is -0.406 e. The zero-order valence-electron chi connectivity index (χ0n) is 17.7. The van der Waals surface area contributed by atoms with Crippen LogP contribution in [0.3, 0.4) is 0 Å². The molecule has 2 saturated heterocycles. The summed E-state index contributed by atoms with van der Waals surface area (Å²) in [6.07, 6.45) is 1.20. The van der Waals surface area contributed by atoms with Crippen LogP contribution in [0, 0.1) is 0 Å². The minimum absolute atomic E-state index is 0.0362. The van der Waals surface area contributed by atoms with Gasteiger partial charge in [0.2, 0.25) is 5.95 Å². The standard InChI is InChI=1S/C22H24F3N5O2/c1-29-12-21(13-29)4-5-30(21)19(31)17-10-27-20(28-11-17)26-9-14-6-16(15-2-3-15)8-18(7-14)32-22(23,24)25/h6-8,10-11,15H,2-5,9,12-13H2,1H3,(H,26,27,28). The smallest absolute Gasteiger partial charge is 0.406 e. The molecule has 32 heavy (non-hydrogen) atoms. The van der Waals surface area contributed by atoms with Gasteiger partial charge in [-0.05, 0) is 55.5 Å². The molecule has 5 rings (SSSR count). The number of benzene rings is 1. The van der Waals surface area contributed by atoms with Crippen molar-refractivity contribution < 1.29 is 22.7 Å². The molecular weight excluding hydrogens is 423 g/mol. The number of aromatic nitrogens is 2. The van der Waals surface area contributed by atoms with Gasteiger partial charge in [-0.25, -0.2) is 9.97 Å². The number of anilines is 1. The van der Waals surface area contributed by atoms with Gasteiger partial charge in [0.25, 0.3) is 5.91 Å². The molecule has 170 valence electrons. The van der Waals surface area contributed by atoms with Crippen molar-refractivity contribution in [3.8, 4) is 5.75 Å². The molecule has 2 aromatic rings. The first-order chi connectivity index (χ1) is 15.2. The van der Waals surface area contributed by atoms with E-state index in [0.717, 1.165) is 44.5 Å². The Balaban J connectivity index is 1.23. The van der Waals surface area contributed by atoms with Crippen LogP contribution in [0.5, 0.6) is 5.75 Å². The van der Waals surface area contributed by atoms with Gasteiger partial charge in [-0.2, -0.15) is 0 Å². The van der Waals surface area contributed by atoms with Gasteiger partial charge in [0, 0.05) is 38.6 Å². The van der Waals surface area contributed by atoms with Crippen LogP contribution in [0.25, 0.3) is 0 Å². The zero-order chi connectivity index (χ0) is 22.5. The topological polar surface area (TPSA) is 70.6 Å². The molecule has 3 aliphatic rings. The summed E-state index contributed by atoms with van der Waals surface area (Å²) in [7, 11) is 2.04. The number of likely N-dealkylation sites (N-methyl/N-ethyl adjacent to an activating group) is 1. The fourth-order valence-corrected chi connectivity index (χ4v) is 4.64. The average Bonchev–Trinajstić information content (AvgIpc) is 3.53. The Hall–Kier alpha value is -2.88. The van der Waals surface area contributed by atoms with E-state index in [9.17, 15) is 18.0 Å². The van der Waals surface area contributed by atoms with Crippen LogP contribution in [-0.4, -0.2) is 64.3 Å². The molecule has 0 unspecified atom stereocenters. The first-order valence-corrected chi connectivity index (χ1v) is 10.7. The second-order valence-electron chi connectivity index (χ2n) is 8.98. The van der Waals surface area contributed by atoms with Crippen LogP contribution in [0.15, 0.2) is 30.6 Å². The summed E-state index contributed by atoms with van der Waals surface area (Å²) in [6.45, 7) is 2.76. The number of amides is 1. The summed E-state index contributed by atoms with van der Waals surface area (Å²) in [5.74, 6) is 0.304. The molecule has 2 aliphatic heterocycles. The van der Waals surface area contributed by atoms with Crippen molar-refractivity contribution in [3.05, 3.63) is 47.3 Å².